The summed E-state index contributed by atoms with van der Waals surface area (Å²) < 4.78 is 11.3. The number of benzene rings is 2. The molecule has 166 valence electrons. The van der Waals surface area contributed by atoms with Gasteiger partial charge in [0.05, 0.1) is 22.8 Å². The summed E-state index contributed by atoms with van der Waals surface area (Å²) >= 11 is 0. The number of Topliss-reactive ketones (excluding diaryl/α,β-unsaturated/α-hetero) is 1. The zero-order valence-corrected chi connectivity index (χ0v) is 17.7. The first-order valence-electron chi connectivity index (χ1n) is 10.1. The molecule has 2 amide bonds. The average molecular weight is 439 g/mol. The Morgan fingerprint density at radius 1 is 1.16 bits per heavy atom. The molecule has 32 heavy (non-hydrogen) atoms. The number of carbonyl (C=O) groups is 3. The normalized spacial score (nSPS) is 19.4. The maximum Gasteiger partial charge on any atom is 0.271 e. The first kappa shape index (κ1) is 21.3. The smallest absolute Gasteiger partial charge is 0.271 e. The topological polar surface area (TPSA) is 128 Å². The number of hydrogen-bond donors (Lipinski definition) is 1. The molecule has 2 atom stereocenters. The minimum absolute atomic E-state index is 0.165. The minimum atomic E-state index is -0.825. The van der Waals surface area contributed by atoms with Crippen LogP contribution in [0, 0.1) is 16.0 Å². The summed E-state index contributed by atoms with van der Waals surface area (Å²) in [5.41, 5.74) is 0.569. The molecule has 2 aliphatic rings. The number of ketones is 1. The summed E-state index contributed by atoms with van der Waals surface area (Å²) in [6.07, 6.45) is -1.47. The van der Waals surface area contributed by atoms with E-state index in [1.807, 2.05) is 13.8 Å². The number of carbonyl (C=O) groups excluding carboxylic acids is 3. The molecule has 0 fully saturated rings. The summed E-state index contributed by atoms with van der Waals surface area (Å²) in [5.74, 6) is -0.632. The summed E-state index contributed by atoms with van der Waals surface area (Å²) in [7, 11) is 0. The van der Waals surface area contributed by atoms with E-state index in [4.69, 9.17) is 9.47 Å². The van der Waals surface area contributed by atoms with E-state index in [2.05, 4.69) is 5.32 Å². The standard InChI is InChI=1S/C22H21N3O7/c1-11(2)20-22(28)24(16-9-14(25(29)30)5-7-19(16)32-20)10-17(26)13-4-6-18-15(8-13)23-21(27)12(3)31-18/h4-9,11-12,20H,10H2,1-3H3,(H,23,27). The van der Waals surface area contributed by atoms with Crippen molar-refractivity contribution in [1.82, 2.24) is 0 Å². The highest BCUT2D eigenvalue weighted by Gasteiger charge is 2.38. The Hall–Kier alpha value is -3.95. The van der Waals surface area contributed by atoms with Crippen LogP contribution in [-0.4, -0.2) is 41.3 Å². The Balaban J connectivity index is 1.67. The van der Waals surface area contributed by atoms with Gasteiger partial charge >= 0.3 is 0 Å². The molecule has 2 aromatic carbocycles. The summed E-state index contributed by atoms with van der Waals surface area (Å²) in [6, 6.07) is 8.55. The van der Waals surface area contributed by atoms with Crippen molar-refractivity contribution in [2.24, 2.45) is 5.92 Å². The molecule has 1 N–H and O–H groups in total. The van der Waals surface area contributed by atoms with Gasteiger partial charge < -0.3 is 14.8 Å². The monoisotopic (exact) mass is 439 g/mol. The van der Waals surface area contributed by atoms with Crippen LogP contribution in [-0.2, 0) is 9.59 Å². The van der Waals surface area contributed by atoms with Crippen molar-refractivity contribution in [3.8, 4) is 11.5 Å². The van der Waals surface area contributed by atoms with Gasteiger partial charge in [0.2, 0.25) is 0 Å². The third-order valence-electron chi connectivity index (χ3n) is 5.35. The highest BCUT2D eigenvalue weighted by atomic mass is 16.6. The fourth-order valence-electron chi connectivity index (χ4n) is 3.59. The largest absolute Gasteiger partial charge is 0.479 e. The highest BCUT2D eigenvalue weighted by molar-refractivity contribution is 6.09. The first-order chi connectivity index (χ1) is 15.2. The Bertz CT molecular complexity index is 1140. The molecule has 4 rings (SSSR count). The molecule has 10 heteroatoms. The number of anilines is 2. The first-order valence-corrected chi connectivity index (χ1v) is 10.1. The number of nitro benzene ring substituents is 1. The van der Waals surface area contributed by atoms with Crippen LogP contribution in [0.5, 0.6) is 11.5 Å². The van der Waals surface area contributed by atoms with E-state index in [9.17, 15) is 24.5 Å². The molecule has 0 aliphatic carbocycles. The van der Waals surface area contributed by atoms with Gasteiger partial charge in [-0.25, -0.2) is 0 Å². The quantitative estimate of drug-likeness (QED) is 0.431. The third kappa shape index (κ3) is 3.75. The van der Waals surface area contributed by atoms with E-state index in [-0.39, 0.29) is 35.3 Å². The second-order valence-electron chi connectivity index (χ2n) is 8.00. The van der Waals surface area contributed by atoms with Crippen LogP contribution < -0.4 is 19.7 Å². The summed E-state index contributed by atoms with van der Waals surface area (Å²) in [4.78, 5) is 49.9. The molecule has 0 bridgehead atoms. The van der Waals surface area contributed by atoms with E-state index in [1.54, 1.807) is 19.1 Å². The molecule has 0 spiro atoms. The van der Waals surface area contributed by atoms with Crippen LogP contribution in [0.2, 0.25) is 0 Å². The lowest BCUT2D eigenvalue weighted by Gasteiger charge is -2.35. The number of fused-ring (bicyclic) bond motifs is 2. The molecular weight excluding hydrogens is 418 g/mol. The van der Waals surface area contributed by atoms with Crippen LogP contribution in [0.3, 0.4) is 0 Å². The molecule has 2 unspecified atom stereocenters. The van der Waals surface area contributed by atoms with Crippen LogP contribution in [0.4, 0.5) is 17.1 Å². The van der Waals surface area contributed by atoms with Crippen molar-refractivity contribution in [2.75, 3.05) is 16.8 Å². The van der Waals surface area contributed by atoms with Crippen LogP contribution in [0.25, 0.3) is 0 Å². The molecule has 2 aliphatic heterocycles. The van der Waals surface area contributed by atoms with E-state index >= 15 is 0 Å². The van der Waals surface area contributed by atoms with Crippen molar-refractivity contribution < 1.29 is 28.8 Å². The van der Waals surface area contributed by atoms with E-state index in [1.165, 1.54) is 29.2 Å². The van der Waals surface area contributed by atoms with Gasteiger partial charge in [-0.3, -0.25) is 29.4 Å². The number of rotatable bonds is 5. The number of amides is 2. The lowest BCUT2D eigenvalue weighted by molar-refractivity contribution is -0.384. The molecule has 0 radical (unpaired) electrons. The number of nitro groups is 1. The molecule has 0 saturated heterocycles. The van der Waals surface area contributed by atoms with Gasteiger partial charge in [-0.15, -0.1) is 0 Å². The van der Waals surface area contributed by atoms with Crippen LogP contribution in [0.1, 0.15) is 31.1 Å². The summed E-state index contributed by atoms with van der Waals surface area (Å²) in [5, 5.41) is 13.9. The Morgan fingerprint density at radius 2 is 1.88 bits per heavy atom. The van der Waals surface area contributed by atoms with Gasteiger partial charge in [-0.2, -0.15) is 0 Å². The molecule has 10 nitrogen and oxygen atoms in total. The van der Waals surface area contributed by atoms with Gasteiger partial charge in [0, 0.05) is 17.7 Å². The van der Waals surface area contributed by atoms with Crippen molar-refractivity contribution in [3.05, 3.63) is 52.1 Å². The van der Waals surface area contributed by atoms with Gasteiger partial charge in [0.1, 0.15) is 11.5 Å². The van der Waals surface area contributed by atoms with Gasteiger partial charge in [0.15, 0.2) is 18.0 Å². The minimum Gasteiger partial charge on any atom is -0.479 e. The van der Waals surface area contributed by atoms with Crippen LogP contribution >= 0.6 is 0 Å². The lowest BCUT2D eigenvalue weighted by Crippen LogP contribution is -2.50. The maximum atomic E-state index is 13.1. The highest BCUT2D eigenvalue weighted by Crippen LogP contribution is 2.38. The Morgan fingerprint density at radius 3 is 2.56 bits per heavy atom. The lowest BCUT2D eigenvalue weighted by atomic mass is 10.0. The number of hydrogen-bond acceptors (Lipinski definition) is 7. The number of nitrogens with zero attached hydrogens (tertiary/aromatic N) is 2. The van der Waals surface area contributed by atoms with Crippen molar-refractivity contribution in [3.63, 3.8) is 0 Å². The van der Waals surface area contributed by atoms with Gasteiger partial charge in [0.25, 0.3) is 17.5 Å². The number of ether oxygens (including phenoxy) is 2. The zero-order valence-electron chi connectivity index (χ0n) is 17.7. The summed E-state index contributed by atoms with van der Waals surface area (Å²) in [6.45, 7) is 4.89. The molecule has 0 saturated carbocycles. The predicted molar refractivity (Wildman–Crippen MR) is 114 cm³/mol. The number of non-ortho nitro benzene ring substituents is 1. The van der Waals surface area contributed by atoms with E-state index in [0.717, 1.165) is 0 Å². The SMILES string of the molecule is CC1Oc2ccc(C(=O)CN3C(=O)C(C(C)C)Oc4ccc([N+](=O)[O-])cc43)cc2NC1=O. The van der Waals surface area contributed by atoms with Crippen molar-refractivity contribution in [1.29, 1.82) is 0 Å². The Labute approximate surface area is 183 Å². The molecule has 2 heterocycles. The average Bonchev–Trinajstić information content (AvgIpc) is 2.75. The molecule has 2 aromatic rings. The van der Waals surface area contributed by atoms with Crippen molar-refractivity contribution in [2.45, 2.75) is 33.0 Å². The second-order valence-corrected chi connectivity index (χ2v) is 8.00. The fourth-order valence-corrected chi connectivity index (χ4v) is 3.59. The second kappa shape index (κ2) is 7.95. The zero-order chi connectivity index (χ0) is 23.2. The Kier molecular flexibility index (Phi) is 5.29. The maximum absolute atomic E-state index is 13.1. The predicted octanol–water partition coefficient (Wildman–Crippen LogP) is 2.95. The molecular formula is C22H21N3O7. The van der Waals surface area contributed by atoms with Crippen molar-refractivity contribution >= 4 is 34.7 Å². The van der Waals surface area contributed by atoms with E-state index < -0.39 is 28.8 Å². The van der Waals surface area contributed by atoms with Crippen LogP contribution in [0.15, 0.2) is 36.4 Å². The number of nitrogens with one attached hydrogen (secondary N) is 1. The van der Waals surface area contributed by atoms with E-state index in [0.29, 0.717) is 17.2 Å². The van der Waals surface area contributed by atoms with Gasteiger partial charge in [-0.1, -0.05) is 13.8 Å². The molecule has 0 aromatic heterocycles. The fraction of sp³-hybridized carbons (Fsp3) is 0.318. The van der Waals surface area contributed by atoms with Gasteiger partial charge in [-0.05, 0) is 37.1 Å². The third-order valence-corrected chi connectivity index (χ3v) is 5.35.